The number of carbonyl (C=O) groups excluding carboxylic acids is 2. The monoisotopic (exact) mass is 493 g/mol. The molecule has 0 radical (unpaired) electrons. The fourth-order valence-electron chi connectivity index (χ4n) is 2.47. The molecule has 0 bridgehead atoms. The molecule has 10 heteroatoms. The molecule has 1 amide bonds. The van der Waals surface area contributed by atoms with Crippen molar-refractivity contribution >= 4 is 64.3 Å². The highest BCUT2D eigenvalue weighted by atomic mass is 35.5. The first kappa shape index (κ1) is 23.4. The minimum atomic E-state index is -0.505. The first-order valence-corrected chi connectivity index (χ1v) is 11.8. The number of anilines is 1. The molecule has 0 unspecified atom stereocenters. The number of thioether (sulfide) groups is 1. The molecule has 1 N–H and O–H groups in total. The lowest BCUT2D eigenvalue weighted by molar-refractivity contribution is 0.0520. The summed E-state index contributed by atoms with van der Waals surface area (Å²) in [7, 11) is 0. The summed E-state index contributed by atoms with van der Waals surface area (Å²) in [4.78, 5) is 34.4. The van der Waals surface area contributed by atoms with E-state index >= 15 is 0 Å². The number of hydrogen-bond donors (Lipinski definition) is 1. The minimum Gasteiger partial charge on any atom is -0.462 e. The maximum atomic E-state index is 12.7. The van der Waals surface area contributed by atoms with E-state index in [9.17, 15) is 9.59 Å². The maximum absolute atomic E-state index is 12.7. The molecule has 0 saturated carbocycles. The molecule has 1 heterocycles. The van der Waals surface area contributed by atoms with Crippen LogP contribution in [0.3, 0.4) is 0 Å². The Bertz CT molecular complexity index is 1130. The summed E-state index contributed by atoms with van der Waals surface area (Å²) in [5.74, 6) is -0.848. The van der Waals surface area contributed by atoms with Crippen molar-refractivity contribution in [1.29, 1.82) is 0 Å². The molecule has 31 heavy (non-hydrogen) atoms. The number of nitrogens with one attached hydrogen (secondary N) is 1. The lowest BCUT2D eigenvalue weighted by atomic mass is 10.2. The van der Waals surface area contributed by atoms with Crippen molar-refractivity contribution < 1.29 is 14.3 Å². The van der Waals surface area contributed by atoms with Gasteiger partial charge in [-0.1, -0.05) is 58.9 Å². The lowest BCUT2D eigenvalue weighted by Crippen LogP contribution is -2.13. The van der Waals surface area contributed by atoms with Gasteiger partial charge in [-0.2, -0.15) is 0 Å². The van der Waals surface area contributed by atoms with E-state index in [2.05, 4.69) is 15.3 Å². The maximum Gasteiger partial charge on any atom is 0.342 e. The van der Waals surface area contributed by atoms with Gasteiger partial charge < -0.3 is 10.1 Å². The Kier molecular flexibility index (Phi) is 8.20. The van der Waals surface area contributed by atoms with E-state index in [-0.39, 0.29) is 18.1 Å². The molecule has 3 aromatic rings. The van der Waals surface area contributed by atoms with Crippen LogP contribution in [-0.4, -0.2) is 34.7 Å². The van der Waals surface area contributed by atoms with E-state index in [1.54, 1.807) is 31.2 Å². The molecule has 0 aliphatic rings. The number of rotatable bonds is 7. The van der Waals surface area contributed by atoms with E-state index in [0.717, 1.165) is 0 Å². The van der Waals surface area contributed by atoms with Crippen molar-refractivity contribution in [2.75, 3.05) is 18.2 Å². The zero-order valence-corrected chi connectivity index (χ0v) is 19.7. The Morgan fingerprint density at radius 2 is 1.90 bits per heavy atom. The number of amides is 1. The van der Waals surface area contributed by atoms with Crippen LogP contribution >= 0.6 is 46.7 Å². The number of esters is 1. The fraction of sp³-hybridized carbons (Fsp3) is 0.143. The molecule has 0 aliphatic heterocycles. The second-order valence-electron chi connectivity index (χ2n) is 5.98. The quantitative estimate of drug-likeness (QED) is 0.184. The number of aromatic nitrogens is 2. The SMILES string of the molecule is CCOC(=O)c1cnc(SC)nc1Sc1ccccc1NC(=O)c1ccc(Cl)c(Cl)c1. The Hall–Kier alpha value is -2.26. The summed E-state index contributed by atoms with van der Waals surface area (Å²) >= 11 is 14.6. The van der Waals surface area contributed by atoms with Gasteiger partial charge in [0.25, 0.3) is 5.91 Å². The third kappa shape index (κ3) is 5.92. The standard InChI is InChI=1S/C21H17Cl2N3O3S2/c1-3-29-20(28)13-11-24-21(30-2)26-19(13)31-17-7-5-4-6-16(17)25-18(27)12-8-9-14(22)15(23)10-12/h4-11H,3H2,1-2H3,(H,25,27). The third-order valence-corrected chi connectivity index (χ3v) is 6.31. The highest BCUT2D eigenvalue weighted by molar-refractivity contribution is 7.99. The second kappa shape index (κ2) is 10.9. The fourth-order valence-corrected chi connectivity index (χ4v) is 4.13. The average molecular weight is 494 g/mol. The van der Waals surface area contributed by atoms with Crippen LogP contribution in [0.15, 0.2) is 63.7 Å². The van der Waals surface area contributed by atoms with Crippen LogP contribution in [0.25, 0.3) is 0 Å². The third-order valence-electron chi connectivity index (χ3n) is 3.93. The Morgan fingerprint density at radius 3 is 2.61 bits per heavy atom. The molecule has 6 nitrogen and oxygen atoms in total. The van der Waals surface area contributed by atoms with E-state index < -0.39 is 5.97 Å². The first-order chi connectivity index (χ1) is 14.9. The van der Waals surface area contributed by atoms with Crippen LogP contribution in [0.2, 0.25) is 10.0 Å². The van der Waals surface area contributed by atoms with Crippen molar-refractivity contribution in [2.45, 2.75) is 22.0 Å². The number of para-hydroxylation sites is 1. The summed E-state index contributed by atoms with van der Waals surface area (Å²) in [5, 5.41) is 4.49. The Labute approximate surface area is 198 Å². The second-order valence-corrected chi connectivity index (χ2v) is 8.60. The molecule has 160 valence electrons. The van der Waals surface area contributed by atoms with Gasteiger partial charge >= 0.3 is 5.97 Å². The molecule has 3 rings (SSSR count). The molecular weight excluding hydrogens is 477 g/mol. The van der Waals surface area contributed by atoms with Crippen molar-refractivity contribution in [3.63, 3.8) is 0 Å². The van der Waals surface area contributed by atoms with Gasteiger partial charge in [0.1, 0.15) is 10.6 Å². The van der Waals surface area contributed by atoms with Gasteiger partial charge in [0.15, 0.2) is 5.16 Å². The van der Waals surface area contributed by atoms with Gasteiger partial charge in [-0.05, 0) is 43.5 Å². The normalized spacial score (nSPS) is 10.6. The lowest BCUT2D eigenvalue weighted by Gasteiger charge is -2.13. The summed E-state index contributed by atoms with van der Waals surface area (Å²) < 4.78 is 5.12. The van der Waals surface area contributed by atoms with E-state index in [1.165, 1.54) is 35.8 Å². The summed E-state index contributed by atoms with van der Waals surface area (Å²) in [6.07, 6.45) is 3.30. The average Bonchev–Trinajstić information content (AvgIpc) is 2.77. The largest absolute Gasteiger partial charge is 0.462 e. The molecule has 0 saturated heterocycles. The van der Waals surface area contributed by atoms with Gasteiger partial charge in [0.05, 0.1) is 22.3 Å². The van der Waals surface area contributed by atoms with Crippen LogP contribution in [0.5, 0.6) is 0 Å². The molecule has 0 fully saturated rings. The molecule has 1 aromatic heterocycles. The van der Waals surface area contributed by atoms with E-state index in [1.807, 2.05) is 18.4 Å². The molecule has 2 aromatic carbocycles. The number of ether oxygens (including phenoxy) is 1. The van der Waals surface area contributed by atoms with Crippen molar-refractivity contribution in [3.8, 4) is 0 Å². The van der Waals surface area contributed by atoms with Crippen LogP contribution in [0, 0.1) is 0 Å². The van der Waals surface area contributed by atoms with Crippen molar-refractivity contribution in [1.82, 2.24) is 9.97 Å². The topological polar surface area (TPSA) is 81.2 Å². The van der Waals surface area contributed by atoms with Gasteiger partial charge in [0, 0.05) is 16.7 Å². The predicted octanol–water partition coefficient (Wildman–Crippen LogP) is 6.09. The van der Waals surface area contributed by atoms with Crippen LogP contribution in [0.1, 0.15) is 27.6 Å². The van der Waals surface area contributed by atoms with Gasteiger partial charge in [-0.15, -0.1) is 0 Å². The van der Waals surface area contributed by atoms with Crippen LogP contribution in [0.4, 0.5) is 5.69 Å². The zero-order valence-electron chi connectivity index (χ0n) is 16.5. The highest BCUT2D eigenvalue weighted by Crippen LogP contribution is 2.35. The van der Waals surface area contributed by atoms with Gasteiger partial charge in [-0.3, -0.25) is 4.79 Å². The number of carbonyl (C=O) groups is 2. The zero-order chi connectivity index (χ0) is 22.4. The number of hydrogen-bond acceptors (Lipinski definition) is 7. The molecule has 0 spiro atoms. The predicted molar refractivity (Wildman–Crippen MR) is 125 cm³/mol. The van der Waals surface area contributed by atoms with Crippen LogP contribution in [-0.2, 0) is 4.74 Å². The summed E-state index contributed by atoms with van der Waals surface area (Å²) in [5.41, 5.74) is 1.19. The molecule has 0 atom stereocenters. The number of nitrogens with zero attached hydrogens (tertiary/aromatic N) is 2. The Balaban J connectivity index is 1.91. The van der Waals surface area contributed by atoms with Crippen molar-refractivity contribution in [2.24, 2.45) is 0 Å². The van der Waals surface area contributed by atoms with Crippen LogP contribution < -0.4 is 5.32 Å². The van der Waals surface area contributed by atoms with E-state index in [0.29, 0.717) is 36.4 Å². The first-order valence-electron chi connectivity index (χ1n) is 9.04. The highest BCUT2D eigenvalue weighted by Gasteiger charge is 2.19. The smallest absolute Gasteiger partial charge is 0.342 e. The van der Waals surface area contributed by atoms with Gasteiger partial charge in [0.2, 0.25) is 0 Å². The van der Waals surface area contributed by atoms with Gasteiger partial charge in [-0.25, -0.2) is 14.8 Å². The molecule has 0 aliphatic carbocycles. The Morgan fingerprint density at radius 1 is 1.13 bits per heavy atom. The number of benzene rings is 2. The summed E-state index contributed by atoms with van der Waals surface area (Å²) in [6, 6.07) is 11.9. The number of halogens is 2. The molecular formula is C21H17Cl2N3O3S2. The minimum absolute atomic E-state index is 0.240. The van der Waals surface area contributed by atoms with Crippen molar-refractivity contribution in [3.05, 3.63) is 69.8 Å². The van der Waals surface area contributed by atoms with E-state index in [4.69, 9.17) is 27.9 Å². The summed E-state index contributed by atoms with van der Waals surface area (Å²) in [6.45, 7) is 1.97.